The van der Waals surface area contributed by atoms with Gasteiger partial charge in [0.05, 0.1) is 23.3 Å². The minimum absolute atomic E-state index is 0.239. The van der Waals surface area contributed by atoms with E-state index in [1.807, 2.05) is 0 Å². The summed E-state index contributed by atoms with van der Waals surface area (Å²) in [5.41, 5.74) is -0.730. The van der Waals surface area contributed by atoms with E-state index in [2.05, 4.69) is 22.2 Å². The number of carbonyl (C=O) groups is 1. The Morgan fingerprint density at radius 2 is 1.83 bits per heavy atom. The summed E-state index contributed by atoms with van der Waals surface area (Å²) in [4.78, 5) is 15.7. The van der Waals surface area contributed by atoms with Gasteiger partial charge in [0.25, 0.3) is 0 Å². The number of anilines is 3. The van der Waals surface area contributed by atoms with Crippen molar-refractivity contribution in [2.24, 2.45) is 7.05 Å². The quantitative estimate of drug-likeness (QED) is 0.436. The van der Waals surface area contributed by atoms with Gasteiger partial charge < -0.3 is 15.2 Å². The van der Waals surface area contributed by atoms with Crippen LogP contribution in [-0.2, 0) is 18.0 Å². The molecule has 3 aromatic rings. The fourth-order valence-electron chi connectivity index (χ4n) is 2.70. The van der Waals surface area contributed by atoms with Crippen molar-refractivity contribution in [3.8, 4) is 11.3 Å². The number of rotatable bonds is 5. The van der Waals surface area contributed by atoms with Gasteiger partial charge in [-0.3, -0.25) is 4.79 Å². The number of amides is 1. The molecule has 0 unspecified atom stereocenters. The molecule has 0 saturated heterocycles. The predicted octanol–water partition coefficient (Wildman–Crippen LogP) is 5.25. The number of benzene rings is 2. The monoisotopic (exact) mass is 422 g/mol. The van der Waals surface area contributed by atoms with E-state index in [1.165, 1.54) is 24.5 Å². The van der Waals surface area contributed by atoms with E-state index in [-0.39, 0.29) is 5.69 Å². The molecule has 0 atom stereocenters. The fraction of sp³-hybridized carbons (Fsp3) is 0.100. The molecule has 0 fully saturated rings. The van der Waals surface area contributed by atoms with Crippen molar-refractivity contribution in [1.82, 2.24) is 9.55 Å². The van der Waals surface area contributed by atoms with Crippen LogP contribution in [0, 0.1) is 11.6 Å². The minimum Gasteiger partial charge on any atom is -0.352 e. The Balaban J connectivity index is 2.04. The Hall–Kier alpha value is -3.69. The van der Waals surface area contributed by atoms with E-state index in [0.717, 1.165) is 12.1 Å². The van der Waals surface area contributed by atoms with Gasteiger partial charge in [0.1, 0.15) is 0 Å². The van der Waals surface area contributed by atoms with Crippen molar-refractivity contribution in [1.29, 1.82) is 0 Å². The Kier molecular flexibility index (Phi) is 5.59. The first-order valence-corrected chi connectivity index (χ1v) is 8.48. The van der Waals surface area contributed by atoms with E-state index in [9.17, 15) is 26.7 Å². The van der Waals surface area contributed by atoms with E-state index in [0.29, 0.717) is 23.0 Å². The lowest BCUT2D eigenvalue weighted by Crippen LogP contribution is -2.11. The zero-order valence-electron chi connectivity index (χ0n) is 15.5. The fourth-order valence-corrected chi connectivity index (χ4v) is 2.70. The smallest absolute Gasteiger partial charge is 0.352 e. The van der Waals surface area contributed by atoms with Crippen molar-refractivity contribution in [2.45, 2.75) is 6.18 Å². The van der Waals surface area contributed by atoms with E-state index in [4.69, 9.17) is 0 Å². The van der Waals surface area contributed by atoms with Gasteiger partial charge in [-0.2, -0.15) is 13.2 Å². The number of nitrogens with one attached hydrogen (secondary N) is 2. The van der Waals surface area contributed by atoms with E-state index >= 15 is 0 Å². The molecule has 0 bridgehead atoms. The van der Waals surface area contributed by atoms with Crippen LogP contribution in [0.25, 0.3) is 11.3 Å². The van der Waals surface area contributed by atoms with Gasteiger partial charge in [0, 0.05) is 30.2 Å². The maximum Gasteiger partial charge on any atom is 0.419 e. The number of carbonyl (C=O) groups excluding carboxylic acids is 1. The number of aromatic nitrogens is 2. The molecule has 0 saturated carbocycles. The van der Waals surface area contributed by atoms with Crippen LogP contribution in [0.15, 0.2) is 55.5 Å². The van der Waals surface area contributed by atoms with Crippen LogP contribution in [0.3, 0.4) is 0 Å². The van der Waals surface area contributed by atoms with Gasteiger partial charge in [0.15, 0.2) is 11.6 Å². The maximum atomic E-state index is 14.3. The molecule has 3 rings (SSSR count). The number of aryl methyl sites for hydroxylation is 1. The van der Waals surface area contributed by atoms with Gasteiger partial charge in [0.2, 0.25) is 5.91 Å². The third-order valence-corrected chi connectivity index (χ3v) is 4.11. The Bertz CT molecular complexity index is 1120. The average Bonchev–Trinajstić information content (AvgIpc) is 3.11. The lowest BCUT2D eigenvalue weighted by atomic mass is 10.1. The van der Waals surface area contributed by atoms with E-state index < -0.39 is 35.0 Å². The van der Waals surface area contributed by atoms with Gasteiger partial charge >= 0.3 is 6.18 Å². The minimum atomic E-state index is -5.02. The number of halogens is 5. The topological polar surface area (TPSA) is 59.0 Å². The van der Waals surface area contributed by atoms with Gasteiger partial charge in [-0.25, -0.2) is 13.8 Å². The second-order valence-electron chi connectivity index (χ2n) is 6.29. The third kappa shape index (κ3) is 4.32. The first-order chi connectivity index (χ1) is 14.1. The molecule has 156 valence electrons. The molecule has 0 aliphatic heterocycles. The third-order valence-electron chi connectivity index (χ3n) is 4.11. The summed E-state index contributed by atoms with van der Waals surface area (Å²) < 4.78 is 68.2. The van der Waals surface area contributed by atoms with Gasteiger partial charge in [-0.1, -0.05) is 6.58 Å². The molecule has 0 aliphatic carbocycles. The highest BCUT2D eigenvalue weighted by molar-refractivity contribution is 5.99. The van der Waals surface area contributed by atoms with Crippen molar-refractivity contribution >= 4 is 23.0 Å². The van der Waals surface area contributed by atoms with Crippen LogP contribution in [-0.4, -0.2) is 15.5 Å². The van der Waals surface area contributed by atoms with Crippen LogP contribution in [0.4, 0.5) is 39.0 Å². The first-order valence-electron chi connectivity index (χ1n) is 8.48. The highest BCUT2D eigenvalue weighted by atomic mass is 19.4. The number of hydrogen-bond donors (Lipinski definition) is 2. The molecule has 0 spiro atoms. The molecule has 2 N–H and O–H groups in total. The second-order valence-corrected chi connectivity index (χ2v) is 6.29. The Morgan fingerprint density at radius 1 is 1.13 bits per heavy atom. The standard InChI is InChI=1S/C20H15F5N4O/c1-3-17(30)27-11-4-6-14(12(8-11)16-9-29(2)10-26-16)28-15-7-5-13(20(23,24)25)18(21)19(15)22/h3-10,28H,1H2,2H3,(H,27,30). The molecular weight excluding hydrogens is 407 g/mol. The van der Waals surface area contributed by atoms with Crippen LogP contribution >= 0.6 is 0 Å². The molecule has 0 aliphatic rings. The Labute approximate surface area is 167 Å². The zero-order chi connectivity index (χ0) is 22.1. The summed E-state index contributed by atoms with van der Waals surface area (Å²) in [5.74, 6) is -4.12. The highest BCUT2D eigenvalue weighted by Gasteiger charge is 2.36. The number of imidazole rings is 1. The van der Waals surface area contributed by atoms with Crippen molar-refractivity contribution in [2.75, 3.05) is 10.6 Å². The summed E-state index contributed by atoms with van der Waals surface area (Å²) in [6, 6.07) is 5.73. The lowest BCUT2D eigenvalue weighted by Gasteiger charge is -2.15. The van der Waals surface area contributed by atoms with Crippen molar-refractivity contribution < 1.29 is 26.7 Å². The normalized spacial score (nSPS) is 11.3. The van der Waals surface area contributed by atoms with Crippen molar-refractivity contribution in [3.63, 3.8) is 0 Å². The summed E-state index contributed by atoms with van der Waals surface area (Å²) in [6.07, 6.45) is -0.795. The molecule has 2 aromatic carbocycles. The summed E-state index contributed by atoms with van der Waals surface area (Å²) in [7, 11) is 1.72. The molecule has 0 radical (unpaired) electrons. The predicted molar refractivity (Wildman–Crippen MR) is 102 cm³/mol. The lowest BCUT2D eigenvalue weighted by molar-refractivity contribution is -0.140. The van der Waals surface area contributed by atoms with Crippen LogP contribution in [0.1, 0.15) is 5.56 Å². The van der Waals surface area contributed by atoms with E-state index in [1.54, 1.807) is 17.8 Å². The molecular formula is C20H15F5N4O. The van der Waals surface area contributed by atoms with Crippen molar-refractivity contribution in [3.05, 3.63) is 72.7 Å². The zero-order valence-corrected chi connectivity index (χ0v) is 15.5. The van der Waals surface area contributed by atoms with Gasteiger partial charge in [-0.15, -0.1) is 0 Å². The van der Waals surface area contributed by atoms with Crippen LogP contribution < -0.4 is 10.6 Å². The summed E-state index contributed by atoms with van der Waals surface area (Å²) in [6.45, 7) is 3.36. The van der Waals surface area contributed by atoms with Crippen LogP contribution in [0.5, 0.6) is 0 Å². The number of hydrogen-bond acceptors (Lipinski definition) is 3. The second kappa shape index (κ2) is 7.97. The maximum absolute atomic E-state index is 14.3. The highest BCUT2D eigenvalue weighted by Crippen LogP contribution is 2.37. The van der Waals surface area contributed by atoms with Crippen LogP contribution in [0.2, 0.25) is 0 Å². The summed E-state index contributed by atoms with van der Waals surface area (Å²) >= 11 is 0. The molecule has 1 amide bonds. The SMILES string of the molecule is C=CC(=O)Nc1ccc(Nc2ccc(C(F)(F)F)c(F)c2F)c(-c2cn(C)cn2)c1. The summed E-state index contributed by atoms with van der Waals surface area (Å²) in [5, 5.41) is 5.16. The largest absolute Gasteiger partial charge is 0.419 e. The average molecular weight is 422 g/mol. The molecule has 1 aromatic heterocycles. The number of alkyl halides is 3. The van der Waals surface area contributed by atoms with Gasteiger partial charge in [-0.05, 0) is 36.4 Å². The number of nitrogens with zero attached hydrogens (tertiary/aromatic N) is 2. The first kappa shape index (κ1) is 21.0. The molecule has 5 nitrogen and oxygen atoms in total. The molecule has 1 heterocycles. The Morgan fingerprint density at radius 3 is 2.43 bits per heavy atom. The molecule has 30 heavy (non-hydrogen) atoms. The molecule has 10 heteroatoms.